The summed E-state index contributed by atoms with van der Waals surface area (Å²) in [7, 11) is 2.84. The molecule has 3 aliphatic rings. The van der Waals surface area contributed by atoms with Gasteiger partial charge in [0.25, 0.3) is 5.91 Å². The van der Waals surface area contributed by atoms with Gasteiger partial charge in [-0.2, -0.15) is 0 Å². The van der Waals surface area contributed by atoms with Crippen molar-refractivity contribution < 1.29 is 49.1 Å². The quantitative estimate of drug-likeness (QED) is 0.159. The van der Waals surface area contributed by atoms with Crippen molar-refractivity contribution in [3.63, 3.8) is 0 Å². The van der Waals surface area contributed by atoms with E-state index in [1.165, 1.54) is 55.4 Å². The monoisotopic (exact) mass is 624 g/mol. The lowest BCUT2D eigenvalue weighted by atomic mass is 9.54. The van der Waals surface area contributed by atoms with Crippen molar-refractivity contribution in [2.45, 2.75) is 43.1 Å². The third-order valence-corrected chi connectivity index (χ3v) is 9.09. The number of anilines is 1. The van der Waals surface area contributed by atoms with Crippen molar-refractivity contribution in [2.75, 3.05) is 19.4 Å². The molecule has 1 fully saturated rings. The molecule has 3 aliphatic carbocycles. The summed E-state index contributed by atoms with van der Waals surface area (Å²) in [5, 5.41) is 59.6. The van der Waals surface area contributed by atoms with Gasteiger partial charge in [-0.15, -0.1) is 0 Å². The minimum absolute atomic E-state index is 0.0404. The van der Waals surface area contributed by atoms with E-state index in [-0.39, 0.29) is 23.2 Å². The van der Waals surface area contributed by atoms with Crippen molar-refractivity contribution in [3.05, 3.63) is 75.8 Å². The Bertz CT molecular complexity index is 1700. The number of nitrogens with zero attached hydrogens (tertiary/aromatic N) is 1. The van der Waals surface area contributed by atoms with Crippen molar-refractivity contribution in [1.82, 2.24) is 4.90 Å². The SMILES string of the molecule is C[C@H]1c2ccc(NC(=O)[C@@H](N)Cc3ccc(F)cc3)c(O)c2C(O)=C2C(=O)[C@]3(O)C(O)=C(C(N)=O)C(=O)[C@@H](N(C)C)[C@@H]3[C@@H](O)C21. The number of halogens is 1. The van der Waals surface area contributed by atoms with Crippen molar-refractivity contribution >= 4 is 34.8 Å². The van der Waals surface area contributed by atoms with Gasteiger partial charge in [-0.25, -0.2) is 4.39 Å². The van der Waals surface area contributed by atoms with Gasteiger partial charge in [0.2, 0.25) is 11.7 Å². The Labute approximate surface area is 256 Å². The molecule has 0 bridgehead atoms. The lowest BCUT2D eigenvalue weighted by Crippen LogP contribution is -2.70. The molecule has 0 aromatic heterocycles. The summed E-state index contributed by atoms with van der Waals surface area (Å²) in [4.78, 5) is 53.7. The van der Waals surface area contributed by atoms with Crippen LogP contribution in [-0.2, 0) is 25.6 Å². The summed E-state index contributed by atoms with van der Waals surface area (Å²) < 4.78 is 13.2. The highest BCUT2D eigenvalue weighted by molar-refractivity contribution is 6.24. The summed E-state index contributed by atoms with van der Waals surface area (Å²) in [5.41, 5.74) is 7.13. The van der Waals surface area contributed by atoms with Crippen LogP contribution in [0.5, 0.6) is 5.75 Å². The molecule has 0 heterocycles. The molecule has 14 heteroatoms. The van der Waals surface area contributed by atoms with Crippen molar-refractivity contribution in [3.8, 4) is 5.75 Å². The molecule has 1 saturated carbocycles. The van der Waals surface area contributed by atoms with E-state index in [1.54, 1.807) is 6.92 Å². The second kappa shape index (κ2) is 11.1. The van der Waals surface area contributed by atoms with Crippen LogP contribution in [-0.4, -0.2) is 91.7 Å². The van der Waals surface area contributed by atoms with E-state index >= 15 is 0 Å². The van der Waals surface area contributed by atoms with E-state index in [4.69, 9.17) is 11.5 Å². The maximum Gasteiger partial charge on any atom is 0.255 e. The highest BCUT2D eigenvalue weighted by Crippen LogP contribution is 2.56. The lowest BCUT2D eigenvalue weighted by molar-refractivity contribution is -0.169. The summed E-state index contributed by atoms with van der Waals surface area (Å²) in [6.45, 7) is 1.59. The third-order valence-electron chi connectivity index (χ3n) is 9.09. The Hall–Kier alpha value is -4.63. The molecule has 0 saturated heterocycles. The molecule has 7 atom stereocenters. The molecular formula is C31H33FN4O9. The van der Waals surface area contributed by atoms with Gasteiger partial charge in [0.05, 0.1) is 35.4 Å². The number of fused-ring (bicyclic) bond motifs is 3. The van der Waals surface area contributed by atoms with Gasteiger partial charge < -0.3 is 42.3 Å². The number of carbonyl (C=O) groups is 4. The highest BCUT2D eigenvalue weighted by atomic mass is 19.1. The number of aliphatic hydroxyl groups excluding tert-OH is 3. The molecule has 2 aromatic rings. The topological polar surface area (TPSA) is 237 Å². The Morgan fingerprint density at radius 3 is 2.29 bits per heavy atom. The number of nitrogens with two attached hydrogens (primary N) is 2. The third kappa shape index (κ3) is 4.68. The number of ketones is 2. The maximum atomic E-state index is 14.1. The second-order valence-electron chi connectivity index (χ2n) is 11.9. The summed E-state index contributed by atoms with van der Waals surface area (Å²) in [6, 6.07) is 5.61. The average molecular weight is 625 g/mol. The molecule has 2 aromatic carbocycles. The predicted octanol–water partition coefficient (Wildman–Crippen LogP) is 0.143. The summed E-state index contributed by atoms with van der Waals surface area (Å²) in [5.74, 6) is -11.4. The highest BCUT2D eigenvalue weighted by Gasteiger charge is 2.68. The number of rotatable bonds is 6. The van der Waals surface area contributed by atoms with Crippen molar-refractivity contribution in [2.24, 2.45) is 23.3 Å². The summed E-state index contributed by atoms with van der Waals surface area (Å²) >= 11 is 0. The number of aliphatic hydroxyl groups is 4. The zero-order valence-electron chi connectivity index (χ0n) is 24.5. The summed E-state index contributed by atoms with van der Waals surface area (Å²) in [6.07, 6.45) is -1.69. The first-order chi connectivity index (χ1) is 21.0. The fraction of sp³-hybridized carbons (Fsp3) is 0.355. The minimum atomic E-state index is -3.04. The van der Waals surface area contributed by atoms with E-state index in [2.05, 4.69) is 5.32 Å². The zero-order valence-corrected chi connectivity index (χ0v) is 24.5. The molecule has 13 nitrogen and oxygen atoms in total. The molecule has 0 aliphatic heterocycles. The van der Waals surface area contributed by atoms with Gasteiger partial charge in [0.15, 0.2) is 11.4 Å². The van der Waals surface area contributed by atoms with Crippen molar-refractivity contribution in [1.29, 1.82) is 0 Å². The first kappa shape index (κ1) is 31.8. The molecule has 45 heavy (non-hydrogen) atoms. The number of Topliss-reactive ketones (excluding diaryl/α,β-unsaturated/α-hetero) is 2. The Kier molecular flexibility index (Phi) is 7.82. The number of amides is 2. The number of nitrogens with one attached hydrogen (secondary N) is 1. The van der Waals surface area contributed by atoms with E-state index in [9.17, 15) is 49.1 Å². The number of aromatic hydroxyl groups is 1. The van der Waals surface area contributed by atoms with Crippen LogP contribution in [0.3, 0.4) is 0 Å². The Morgan fingerprint density at radius 1 is 1.09 bits per heavy atom. The van der Waals surface area contributed by atoms with E-state index in [1.807, 2.05) is 0 Å². The standard InChI is InChI=1S/C31H33FN4O9/c1-11-14-8-9-16(35-30(44)15(33)10-12-4-6-13(32)7-5-12)23(37)18(14)24(38)19-17(11)25(39)21-22(36(2)3)26(40)20(29(34)43)28(42)31(21,45)27(19)41/h4-9,11,15,17,21-22,25,37-39,42,45H,10,33H2,1-3H3,(H2,34,43)(H,35,44)/t11-,15-,17?,21+,22-,25-,31-/m0/s1. The first-order valence-corrected chi connectivity index (χ1v) is 14.0. The van der Waals surface area contributed by atoms with Gasteiger partial charge in [-0.05, 0) is 55.8 Å². The van der Waals surface area contributed by atoms with Crippen LogP contribution < -0.4 is 16.8 Å². The van der Waals surface area contributed by atoms with Crippen LogP contribution in [0.25, 0.3) is 5.76 Å². The minimum Gasteiger partial charge on any atom is -0.508 e. The van der Waals surface area contributed by atoms with Gasteiger partial charge in [-0.1, -0.05) is 25.1 Å². The number of primary amides is 1. The Balaban J connectivity index is 1.58. The normalized spacial score (nSPS) is 28.4. The fourth-order valence-electron chi connectivity index (χ4n) is 6.91. The van der Waals surface area contributed by atoms with Gasteiger partial charge >= 0.3 is 0 Å². The van der Waals surface area contributed by atoms with E-state index in [0.29, 0.717) is 5.56 Å². The molecule has 2 amide bonds. The molecule has 10 N–H and O–H groups in total. The zero-order chi connectivity index (χ0) is 33.3. The first-order valence-electron chi connectivity index (χ1n) is 14.0. The van der Waals surface area contributed by atoms with Crippen LogP contribution in [0.1, 0.15) is 29.5 Å². The van der Waals surface area contributed by atoms with Gasteiger partial charge in [-0.3, -0.25) is 24.1 Å². The van der Waals surface area contributed by atoms with Gasteiger partial charge in [0.1, 0.15) is 28.7 Å². The van der Waals surface area contributed by atoms with Crippen LogP contribution in [0.4, 0.5) is 10.1 Å². The van der Waals surface area contributed by atoms with E-state index < -0.39 is 99.2 Å². The number of phenols is 1. The lowest BCUT2D eigenvalue weighted by Gasteiger charge is -2.53. The Morgan fingerprint density at radius 2 is 1.71 bits per heavy atom. The molecule has 238 valence electrons. The molecular weight excluding hydrogens is 591 g/mol. The van der Waals surface area contributed by atoms with E-state index in [0.717, 1.165) is 0 Å². The van der Waals surface area contributed by atoms with Crippen LogP contribution >= 0.6 is 0 Å². The fourth-order valence-corrected chi connectivity index (χ4v) is 6.91. The number of carbonyl (C=O) groups excluding carboxylic acids is 4. The van der Waals surface area contributed by atoms with Crippen LogP contribution in [0.15, 0.2) is 53.3 Å². The smallest absolute Gasteiger partial charge is 0.255 e. The molecule has 0 radical (unpaired) electrons. The number of hydrogen-bond donors (Lipinski definition) is 8. The average Bonchev–Trinajstić information content (AvgIpc) is 2.96. The molecule has 0 spiro atoms. The maximum absolute atomic E-state index is 14.1. The van der Waals surface area contributed by atoms with Crippen LogP contribution in [0.2, 0.25) is 0 Å². The molecule has 1 unspecified atom stereocenters. The van der Waals surface area contributed by atoms with Gasteiger partial charge in [0, 0.05) is 11.5 Å². The number of phenolic OH excluding ortho intramolecular Hbond substituents is 1. The molecule has 5 rings (SSSR count). The second-order valence-corrected chi connectivity index (χ2v) is 11.9. The predicted molar refractivity (Wildman–Crippen MR) is 157 cm³/mol. The number of likely N-dealkylation sites (N-methyl/N-ethyl adjacent to an activating group) is 1. The van der Waals surface area contributed by atoms with Crippen LogP contribution in [0, 0.1) is 17.7 Å². The number of benzene rings is 2. The largest absolute Gasteiger partial charge is 0.508 e. The number of hydrogen-bond acceptors (Lipinski definition) is 11.